The molecule has 7 nitrogen and oxygen atoms in total. The summed E-state index contributed by atoms with van der Waals surface area (Å²) in [4.78, 5) is 24.0. The number of aromatic carboxylic acids is 1. The van der Waals surface area contributed by atoms with Crippen molar-refractivity contribution < 1.29 is 24.2 Å². The first kappa shape index (κ1) is 19.8. The van der Waals surface area contributed by atoms with Crippen molar-refractivity contribution in [1.29, 1.82) is 0 Å². The van der Waals surface area contributed by atoms with E-state index >= 15 is 0 Å². The maximum absolute atomic E-state index is 13.3. The maximum Gasteiger partial charge on any atom is 0.337 e. The van der Waals surface area contributed by atoms with Crippen LogP contribution in [0.25, 0.3) is 5.69 Å². The van der Waals surface area contributed by atoms with E-state index in [0.717, 1.165) is 17.5 Å². The number of benzene rings is 2. The molecule has 2 aromatic carbocycles. The molecule has 3 N–H and O–H groups in total. The van der Waals surface area contributed by atoms with Crippen molar-refractivity contribution in [2.24, 2.45) is 5.10 Å². The molecule has 3 aromatic rings. The Morgan fingerprint density at radius 1 is 1.07 bits per heavy atom. The maximum atomic E-state index is 13.3. The summed E-state index contributed by atoms with van der Waals surface area (Å²) in [6.07, 6.45) is 1.23. The highest BCUT2D eigenvalue weighted by molar-refractivity contribution is 5.98. The summed E-state index contributed by atoms with van der Waals surface area (Å²) in [5, 5.41) is 22.5. The molecule has 0 saturated carbocycles. The molecule has 29 heavy (non-hydrogen) atoms. The summed E-state index contributed by atoms with van der Waals surface area (Å²) in [7, 11) is 0. The third-order valence-corrected chi connectivity index (χ3v) is 4.35. The number of carbonyl (C=O) groups excluding carboxylic acids is 1. The Balaban J connectivity index is 1.87. The molecular formula is C21H18FN3O4. The number of aromatic nitrogens is 1. The highest BCUT2D eigenvalue weighted by Gasteiger charge is 2.17. The number of rotatable bonds is 5. The van der Waals surface area contributed by atoms with E-state index in [2.05, 4.69) is 10.5 Å². The van der Waals surface area contributed by atoms with E-state index in [1.165, 1.54) is 36.5 Å². The third-order valence-electron chi connectivity index (χ3n) is 4.35. The van der Waals surface area contributed by atoms with Crippen molar-refractivity contribution in [3.8, 4) is 11.4 Å². The van der Waals surface area contributed by atoms with Gasteiger partial charge in [0.05, 0.1) is 17.5 Å². The second-order valence-electron chi connectivity index (χ2n) is 6.40. The molecule has 0 radical (unpaired) electrons. The lowest BCUT2D eigenvalue weighted by atomic mass is 10.1. The van der Waals surface area contributed by atoms with Crippen LogP contribution in [0.2, 0.25) is 0 Å². The Hall–Kier alpha value is -3.94. The summed E-state index contributed by atoms with van der Waals surface area (Å²) in [6, 6.07) is 11.6. The lowest BCUT2D eigenvalue weighted by molar-refractivity contribution is 0.0696. The molecule has 0 bridgehead atoms. The average molecular weight is 395 g/mol. The number of phenolic OH excluding ortho intramolecular Hbond substituents is 1. The second kappa shape index (κ2) is 7.97. The van der Waals surface area contributed by atoms with Crippen LogP contribution in [0, 0.1) is 19.7 Å². The van der Waals surface area contributed by atoms with Crippen LogP contribution in [-0.2, 0) is 0 Å². The summed E-state index contributed by atoms with van der Waals surface area (Å²) >= 11 is 0. The fraction of sp³-hybridized carbons (Fsp3) is 0.0952. The SMILES string of the molecule is Cc1ccc(C)n1-c1cc(C(=O)N/N=C\c2ccc(O)c(F)c2)ccc1C(=O)O. The monoisotopic (exact) mass is 395 g/mol. The highest BCUT2D eigenvalue weighted by Crippen LogP contribution is 2.22. The standard InChI is InChI=1S/C21H18FN3O4/c1-12-3-4-13(2)25(12)18-10-15(6-7-16(18)21(28)29)20(27)24-23-11-14-5-8-19(26)17(22)9-14/h3-11,26H,1-2H3,(H,24,27)(H,28,29)/b23-11-. The summed E-state index contributed by atoms with van der Waals surface area (Å²) in [5.74, 6) is -2.94. The van der Waals surface area contributed by atoms with E-state index in [1.807, 2.05) is 26.0 Å². The van der Waals surface area contributed by atoms with Crippen molar-refractivity contribution in [2.45, 2.75) is 13.8 Å². The zero-order valence-corrected chi connectivity index (χ0v) is 15.7. The highest BCUT2D eigenvalue weighted by atomic mass is 19.1. The first-order valence-corrected chi connectivity index (χ1v) is 8.62. The largest absolute Gasteiger partial charge is 0.505 e. The van der Waals surface area contributed by atoms with Crippen LogP contribution >= 0.6 is 0 Å². The van der Waals surface area contributed by atoms with E-state index in [9.17, 15) is 24.2 Å². The Bertz CT molecular complexity index is 1120. The Morgan fingerprint density at radius 3 is 2.38 bits per heavy atom. The zero-order valence-electron chi connectivity index (χ0n) is 15.7. The minimum Gasteiger partial charge on any atom is -0.505 e. The predicted octanol–water partition coefficient (Wildman–Crippen LogP) is 3.40. The minimum atomic E-state index is -1.10. The van der Waals surface area contributed by atoms with Gasteiger partial charge in [0, 0.05) is 17.0 Å². The van der Waals surface area contributed by atoms with Gasteiger partial charge in [0.1, 0.15) is 0 Å². The zero-order chi connectivity index (χ0) is 21.1. The molecule has 1 aromatic heterocycles. The molecule has 0 spiro atoms. The molecule has 1 heterocycles. The number of hydrogen-bond acceptors (Lipinski definition) is 4. The fourth-order valence-electron chi connectivity index (χ4n) is 2.92. The molecule has 0 aliphatic heterocycles. The number of carboxylic acids is 1. The van der Waals surface area contributed by atoms with Crippen LogP contribution in [0.1, 0.15) is 37.7 Å². The number of amides is 1. The number of halogens is 1. The van der Waals surface area contributed by atoms with E-state index in [4.69, 9.17) is 0 Å². The van der Waals surface area contributed by atoms with Gasteiger partial charge in [-0.2, -0.15) is 5.10 Å². The van der Waals surface area contributed by atoms with Crippen molar-refractivity contribution >= 4 is 18.1 Å². The second-order valence-corrected chi connectivity index (χ2v) is 6.40. The molecule has 1 amide bonds. The van der Waals surface area contributed by atoms with Crippen molar-refractivity contribution in [3.63, 3.8) is 0 Å². The van der Waals surface area contributed by atoms with Crippen LogP contribution in [0.5, 0.6) is 5.75 Å². The topological polar surface area (TPSA) is 104 Å². The van der Waals surface area contributed by atoms with Gasteiger partial charge in [-0.25, -0.2) is 14.6 Å². The lowest BCUT2D eigenvalue weighted by Gasteiger charge is -2.14. The number of carboxylic acid groups (broad SMARTS) is 1. The van der Waals surface area contributed by atoms with E-state index < -0.39 is 23.4 Å². The summed E-state index contributed by atoms with van der Waals surface area (Å²) in [6.45, 7) is 3.68. The van der Waals surface area contributed by atoms with Gasteiger partial charge >= 0.3 is 5.97 Å². The number of phenols is 1. The molecule has 148 valence electrons. The van der Waals surface area contributed by atoms with Crippen LogP contribution < -0.4 is 5.43 Å². The number of aromatic hydroxyl groups is 1. The number of nitrogens with zero attached hydrogens (tertiary/aromatic N) is 2. The summed E-state index contributed by atoms with van der Waals surface area (Å²) in [5.41, 5.74) is 4.97. The molecule has 0 fully saturated rings. The van der Waals surface area contributed by atoms with E-state index in [-0.39, 0.29) is 11.1 Å². The molecular weight excluding hydrogens is 377 g/mol. The van der Waals surface area contributed by atoms with Crippen LogP contribution in [0.3, 0.4) is 0 Å². The number of aryl methyl sites for hydroxylation is 2. The van der Waals surface area contributed by atoms with Gasteiger partial charge in [-0.05, 0) is 67.9 Å². The smallest absolute Gasteiger partial charge is 0.337 e. The van der Waals surface area contributed by atoms with Gasteiger partial charge < -0.3 is 14.8 Å². The molecule has 0 aliphatic rings. The Morgan fingerprint density at radius 2 is 1.76 bits per heavy atom. The van der Waals surface area contributed by atoms with Crippen LogP contribution in [0.4, 0.5) is 4.39 Å². The Kier molecular flexibility index (Phi) is 5.45. The molecule has 3 rings (SSSR count). The van der Waals surface area contributed by atoms with Gasteiger partial charge in [0.25, 0.3) is 5.91 Å². The van der Waals surface area contributed by atoms with Crippen molar-refractivity contribution in [1.82, 2.24) is 9.99 Å². The van der Waals surface area contributed by atoms with Crippen LogP contribution in [-0.4, -0.2) is 32.9 Å². The van der Waals surface area contributed by atoms with Gasteiger partial charge in [-0.3, -0.25) is 4.79 Å². The average Bonchev–Trinajstić information content (AvgIpc) is 3.02. The van der Waals surface area contributed by atoms with E-state index in [0.29, 0.717) is 11.3 Å². The van der Waals surface area contributed by atoms with E-state index in [1.54, 1.807) is 4.57 Å². The van der Waals surface area contributed by atoms with Crippen molar-refractivity contribution in [3.05, 3.63) is 82.4 Å². The number of nitrogens with one attached hydrogen (secondary N) is 1. The number of carbonyl (C=O) groups is 2. The molecule has 0 unspecified atom stereocenters. The van der Waals surface area contributed by atoms with Crippen molar-refractivity contribution in [2.75, 3.05) is 0 Å². The van der Waals surface area contributed by atoms with Gasteiger partial charge in [-0.15, -0.1) is 0 Å². The quantitative estimate of drug-likeness (QED) is 0.455. The third kappa shape index (κ3) is 4.16. The molecule has 0 atom stereocenters. The fourth-order valence-corrected chi connectivity index (χ4v) is 2.92. The molecule has 0 saturated heterocycles. The van der Waals surface area contributed by atoms with Crippen LogP contribution in [0.15, 0.2) is 53.6 Å². The summed E-state index contributed by atoms with van der Waals surface area (Å²) < 4.78 is 15.1. The molecule has 8 heteroatoms. The minimum absolute atomic E-state index is 0.0621. The predicted molar refractivity (Wildman–Crippen MR) is 105 cm³/mol. The number of hydrogen-bond donors (Lipinski definition) is 3. The number of hydrazone groups is 1. The molecule has 0 aliphatic carbocycles. The Labute approximate surface area is 165 Å². The first-order chi connectivity index (χ1) is 13.8. The van der Waals surface area contributed by atoms with Gasteiger partial charge in [-0.1, -0.05) is 0 Å². The first-order valence-electron chi connectivity index (χ1n) is 8.62. The van der Waals surface area contributed by atoms with Gasteiger partial charge in [0.2, 0.25) is 0 Å². The lowest BCUT2D eigenvalue weighted by Crippen LogP contribution is -2.19. The van der Waals surface area contributed by atoms with Gasteiger partial charge in [0.15, 0.2) is 11.6 Å². The normalized spacial score (nSPS) is 11.0.